The molecule has 3 rings (SSSR count). The molecule has 1 aliphatic rings. The maximum atomic E-state index is 12.1. The standard InChI is InChI=1S/C20H27N3OS/c21-19-6-2-1-4-17(19)7-8-20(24)22-14-16-9-11-23(12-10-16)15-18-5-3-13-25-18/h1-6,13,16H,7-12,14-15,21H2,(H,22,24). The van der Waals surface area contributed by atoms with E-state index in [0.29, 0.717) is 18.8 Å². The second-order valence-corrected chi connectivity index (χ2v) is 7.83. The summed E-state index contributed by atoms with van der Waals surface area (Å²) in [7, 11) is 0. The van der Waals surface area contributed by atoms with Crippen LogP contribution in [0, 0.1) is 5.92 Å². The maximum absolute atomic E-state index is 12.1. The SMILES string of the molecule is Nc1ccccc1CCC(=O)NCC1CCN(Cc2cccs2)CC1. The van der Waals surface area contributed by atoms with Gasteiger partial charge in [-0.05, 0) is 61.3 Å². The first kappa shape index (κ1) is 18.0. The zero-order chi connectivity index (χ0) is 17.5. The topological polar surface area (TPSA) is 58.4 Å². The lowest BCUT2D eigenvalue weighted by atomic mass is 9.96. The molecule has 0 radical (unpaired) electrons. The van der Waals surface area contributed by atoms with E-state index < -0.39 is 0 Å². The molecule has 0 spiro atoms. The summed E-state index contributed by atoms with van der Waals surface area (Å²) in [6, 6.07) is 12.1. The molecular formula is C20H27N3OS. The number of amides is 1. The summed E-state index contributed by atoms with van der Waals surface area (Å²) in [5.74, 6) is 0.731. The zero-order valence-electron chi connectivity index (χ0n) is 14.6. The van der Waals surface area contributed by atoms with Gasteiger partial charge in [0, 0.05) is 30.1 Å². The molecule has 1 fully saturated rings. The highest BCUT2D eigenvalue weighted by molar-refractivity contribution is 7.09. The first-order chi connectivity index (χ1) is 12.2. The van der Waals surface area contributed by atoms with Crippen LogP contribution in [0.15, 0.2) is 41.8 Å². The molecule has 2 heterocycles. The Morgan fingerprint density at radius 1 is 1.20 bits per heavy atom. The lowest BCUT2D eigenvalue weighted by molar-refractivity contribution is -0.121. The molecule has 3 N–H and O–H groups in total. The minimum atomic E-state index is 0.129. The number of anilines is 1. The normalized spacial score (nSPS) is 16.0. The average Bonchev–Trinajstić information content (AvgIpc) is 3.13. The van der Waals surface area contributed by atoms with Crippen molar-refractivity contribution in [3.8, 4) is 0 Å². The van der Waals surface area contributed by atoms with E-state index in [1.165, 1.54) is 4.88 Å². The third-order valence-electron chi connectivity index (χ3n) is 4.93. The van der Waals surface area contributed by atoms with E-state index in [-0.39, 0.29) is 5.91 Å². The van der Waals surface area contributed by atoms with Gasteiger partial charge in [0.1, 0.15) is 0 Å². The number of para-hydroxylation sites is 1. The Morgan fingerprint density at radius 3 is 2.72 bits per heavy atom. The van der Waals surface area contributed by atoms with Gasteiger partial charge in [-0.1, -0.05) is 24.3 Å². The highest BCUT2D eigenvalue weighted by atomic mass is 32.1. The van der Waals surface area contributed by atoms with Gasteiger partial charge < -0.3 is 11.1 Å². The Morgan fingerprint density at radius 2 is 2.00 bits per heavy atom. The Labute approximate surface area is 154 Å². The summed E-state index contributed by atoms with van der Waals surface area (Å²) in [6.07, 6.45) is 3.54. The second-order valence-electron chi connectivity index (χ2n) is 6.80. The fourth-order valence-corrected chi connectivity index (χ4v) is 4.07. The molecule has 0 bridgehead atoms. The monoisotopic (exact) mass is 357 g/mol. The van der Waals surface area contributed by atoms with E-state index in [4.69, 9.17) is 5.73 Å². The van der Waals surface area contributed by atoms with Gasteiger partial charge in [0.25, 0.3) is 0 Å². The van der Waals surface area contributed by atoms with Crippen LogP contribution >= 0.6 is 11.3 Å². The number of benzene rings is 1. The van der Waals surface area contributed by atoms with Crippen LogP contribution in [0.5, 0.6) is 0 Å². The third-order valence-corrected chi connectivity index (χ3v) is 5.79. The smallest absolute Gasteiger partial charge is 0.220 e. The van der Waals surface area contributed by atoms with Gasteiger partial charge in [-0.3, -0.25) is 9.69 Å². The molecule has 4 nitrogen and oxygen atoms in total. The second kappa shape index (κ2) is 9.02. The minimum Gasteiger partial charge on any atom is -0.399 e. The van der Waals surface area contributed by atoms with Crippen LogP contribution in [0.1, 0.15) is 29.7 Å². The van der Waals surface area contributed by atoms with Crippen molar-refractivity contribution in [2.75, 3.05) is 25.4 Å². The van der Waals surface area contributed by atoms with Gasteiger partial charge in [0.2, 0.25) is 5.91 Å². The predicted molar refractivity (Wildman–Crippen MR) is 105 cm³/mol. The summed E-state index contributed by atoms with van der Waals surface area (Å²) in [5.41, 5.74) is 7.75. The number of hydrogen-bond acceptors (Lipinski definition) is 4. The number of rotatable bonds is 7. The van der Waals surface area contributed by atoms with Gasteiger partial charge in [0.15, 0.2) is 0 Å². The summed E-state index contributed by atoms with van der Waals surface area (Å²) in [6.45, 7) is 4.11. The average molecular weight is 358 g/mol. The fraction of sp³-hybridized carbons (Fsp3) is 0.450. The van der Waals surface area contributed by atoms with Crippen molar-refractivity contribution < 1.29 is 4.79 Å². The number of thiophene rings is 1. The van der Waals surface area contributed by atoms with E-state index in [0.717, 1.165) is 50.3 Å². The molecule has 0 unspecified atom stereocenters. The minimum absolute atomic E-state index is 0.129. The van der Waals surface area contributed by atoms with Gasteiger partial charge in [0.05, 0.1) is 0 Å². The van der Waals surface area contributed by atoms with E-state index >= 15 is 0 Å². The highest BCUT2D eigenvalue weighted by Gasteiger charge is 2.20. The van der Waals surface area contributed by atoms with Crippen molar-refractivity contribution in [3.05, 3.63) is 52.2 Å². The lowest BCUT2D eigenvalue weighted by Crippen LogP contribution is -2.38. The van der Waals surface area contributed by atoms with Crippen LogP contribution in [0.4, 0.5) is 5.69 Å². The molecule has 1 aliphatic heterocycles. The van der Waals surface area contributed by atoms with Crippen LogP contribution in [0.25, 0.3) is 0 Å². The lowest BCUT2D eigenvalue weighted by Gasteiger charge is -2.31. The van der Waals surface area contributed by atoms with Crippen LogP contribution in [0.2, 0.25) is 0 Å². The molecule has 0 atom stereocenters. The Balaban J connectivity index is 1.32. The quantitative estimate of drug-likeness (QED) is 0.748. The van der Waals surface area contributed by atoms with Crippen LogP contribution in [-0.2, 0) is 17.8 Å². The Hall–Kier alpha value is -1.85. The molecule has 1 amide bonds. The van der Waals surface area contributed by atoms with Crippen LogP contribution in [0.3, 0.4) is 0 Å². The Bertz CT molecular complexity index is 663. The zero-order valence-corrected chi connectivity index (χ0v) is 15.4. The molecule has 25 heavy (non-hydrogen) atoms. The van der Waals surface area contributed by atoms with E-state index in [1.807, 2.05) is 35.6 Å². The number of piperidine rings is 1. The van der Waals surface area contributed by atoms with Gasteiger partial charge in [-0.2, -0.15) is 0 Å². The predicted octanol–water partition coefficient (Wildman–Crippen LogP) is 3.29. The summed E-state index contributed by atoms with van der Waals surface area (Å²) in [4.78, 5) is 16.0. The number of nitrogens with one attached hydrogen (secondary N) is 1. The number of nitrogens with zero attached hydrogens (tertiary/aromatic N) is 1. The van der Waals surface area contributed by atoms with Gasteiger partial charge in [-0.25, -0.2) is 0 Å². The van der Waals surface area contributed by atoms with Gasteiger partial charge in [-0.15, -0.1) is 11.3 Å². The molecular weight excluding hydrogens is 330 g/mol. The molecule has 1 saturated heterocycles. The number of carbonyl (C=O) groups is 1. The van der Waals surface area contributed by atoms with Crippen LogP contribution < -0.4 is 11.1 Å². The number of nitrogen functional groups attached to an aromatic ring is 1. The van der Waals surface area contributed by atoms with Crippen molar-refractivity contribution in [1.82, 2.24) is 10.2 Å². The van der Waals surface area contributed by atoms with Crippen molar-refractivity contribution in [2.24, 2.45) is 5.92 Å². The van der Waals surface area contributed by atoms with Gasteiger partial charge >= 0.3 is 0 Å². The molecule has 1 aromatic carbocycles. The molecule has 2 aromatic rings. The molecule has 0 saturated carbocycles. The third kappa shape index (κ3) is 5.58. The maximum Gasteiger partial charge on any atom is 0.220 e. The van der Waals surface area contributed by atoms with Crippen molar-refractivity contribution in [2.45, 2.75) is 32.2 Å². The van der Waals surface area contributed by atoms with Crippen molar-refractivity contribution >= 4 is 22.9 Å². The molecule has 0 aliphatic carbocycles. The fourth-order valence-electron chi connectivity index (χ4n) is 3.33. The first-order valence-corrected chi connectivity index (χ1v) is 9.93. The largest absolute Gasteiger partial charge is 0.399 e. The molecule has 5 heteroatoms. The van der Waals surface area contributed by atoms with Crippen molar-refractivity contribution in [3.63, 3.8) is 0 Å². The summed E-state index contributed by atoms with van der Waals surface area (Å²) in [5, 5.41) is 5.25. The van der Waals surface area contributed by atoms with E-state index in [9.17, 15) is 4.79 Å². The van der Waals surface area contributed by atoms with Crippen molar-refractivity contribution in [1.29, 1.82) is 0 Å². The summed E-state index contributed by atoms with van der Waals surface area (Å²) >= 11 is 1.83. The van der Waals surface area contributed by atoms with E-state index in [2.05, 4.69) is 27.7 Å². The Kier molecular flexibility index (Phi) is 6.48. The number of carbonyl (C=O) groups excluding carboxylic acids is 1. The first-order valence-electron chi connectivity index (χ1n) is 9.05. The number of nitrogens with two attached hydrogens (primary N) is 1. The molecule has 1 aromatic heterocycles. The number of likely N-dealkylation sites (tertiary alicyclic amines) is 1. The van der Waals surface area contributed by atoms with Crippen LogP contribution in [-0.4, -0.2) is 30.4 Å². The number of hydrogen-bond donors (Lipinski definition) is 2. The number of aryl methyl sites for hydroxylation is 1. The summed E-state index contributed by atoms with van der Waals surface area (Å²) < 4.78 is 0. The molecule has 134 valence electrons. The van der Waals surface area contributed by atoms with E-state index in [1.54, 1.807) is 0 Å². The highest BCUT2D eigenvalue weighted by Crippen LogP contribution is 2.20.